The Morgan fingerprint density at radius 2 is 1.59 bits per heavy atom. The van der Waals surface area contributed by atoms with E-state index in [0.29, 0.717) is 28.2 Å². The van der Waals surface area contributed by atoms with Crippen molar-refractivity contribution in [1.29, 1.82) is 0 Å². The maximum absolute atomic E-state index is 13.5. The van der Waals surface area contributed by atoms with E-state index < -0.39 is 5.91 Å². The number of hydrogen-bond acceptors (Lipinski definition) is 6. The maximum atomic E-state index is 13.5. The number of primary amides is 1. The van der Waals surface area contributed by atoms with Crippen LogP contribution in [0.25, 0.3) is 22.5 Å². The fraction of sp³-hybridized carbons (Fsp3) is 0.125. The van der Waals surface area contributed by atoms with Gasteiger partial charge in [-0.3, -0.25) is 14.8 Å². The SMILES string of the molecule is Cc1cc(-c2nc(Cc3cccnc3C(N)=O)c(N)nc2-c2ccc(F)cc2)cc(C)n1. The van der Waals surface area contributed by atoms with Gasteiger partial charge < -0.3 is 11.5 Å². The van der Waals surface area contributed by atoms with Gasteiger partial charge >= 0.3 is 0 Å². The third kappa shape index (κ3) is 4.29. The lowest BCUT2D eigenvalue weighted by Gasteiger charge is -2.14. The monoisotopic (exact) mass is 428 g/mol. The fourth-order valence-electron chi connectivity index (χ4n) is 3.58. The van der Waals surface area contributed by atoms with E-state index in [1.807, 2.05) is 26.0 Å². The first-order valence-electron chi connectivity index (χ1n) is 9.93. The van der Waals surface area contributed by atoms with Gasteiger partial charge in [0.1, 0.15) is 17.3 Å². The molecule has 8 heteroatoms. The molecule has 0 aliphatic heterocycles. The molecule has 4 aromatic rings. The van der Waals surface area contributed by atoms with Crippen LogP contribution in [-0.4, -0.2) is 25.8 Å². The van der Waals surface area contributed by atoms with Crippen LogP contribution < -0.4 is 11.5 Å². The molecule has 0 radical (unpaired) electrons. The Morgan fingerprint density at radius 3 is 2.25 bits per heavy atom. The van der Waals surface area contributed by atoms with Gasteiger partial charge in [0.05, 0.1) is 17.1 Å². The van der Waals surface area contributed by atoms with Crippen molar-refractivity contribution < 1.29 is 9.18 Å². The topological polar surface area (TPSA) is 121 Å². The minimum Gasteiger partial charge on any atom is -0.382 e. The van der Waals surface area contributed by atoms with Crippen molar-refractivity contribution >= 4 is 11.7 Å². The van der Waals surface area contributed by atoms with E-state index in [1.165, 1.54) is 18.3 Å². The molecule has 1 amide bonds. The summed E-state index contributed by atoms with van der Waals surface area (Å²) in [5.74, 6) is -0.774. The Kier molecular flexibility index (Phi) is 5.59. The average Bonchev–Trinajstić information content (AvgIpc) is 2.75. The van der Waals surface area contributed by atoms with E-state index in [1.54, 1.807) is 24.3 Å². The van der Waals surface area contributed by atoms with Gasteiger partial charge in [0.15, 0.2) is 0 Å². The van der Waals surface area contributed by atoms with Gasteiger partial charge in [-0.25, -0.2) is 14.4 Å². The van der Waals surface area contributed by atoms with E-state index in [9.17, 15) is 9.18 Å². The maximum Gasteiger partial charge on any atom is 0.267 e. The van der Waals surface area contributed by atoms with E-state index in [-0.39, 0.29) is 23.7 Å². The summed E-state index contributed by atoms with van der Waals surface area (Å²) in [5, 5.41) is 0. The molecule has 4 rings (SSSR count). The predicted molar refractivity (Wildman–Crippen MR) is 120 cm³/mol. The molecule has 3 aromatic heterocycles. The molecule has 0 unspecified atom stereocenters. The van der Waals surface area contributed by atoms with E-state index >= 15 is 0 Å². The highest BCUT2D eigenvalue weighted by atomic mass is 19.1. The Bertz CT molecular complexity index is 1300. The fourth-order valence-corrected chi connectivity index (χ4v) is 3.58. The number of halogens is 1. The van der Waals surface area contributed by atoms with Crippen molar-refractivity contribution in [3.8, 4) is 22.5 Å². The average molecular weight is 428 g/mol. The first-order valence-corrected chi connectivity index (χ1v) is 9.93. The summed E-state index contributed by atoms with van der Waals surface area (Å²) in [7, 11) is 0. The summed E-state index contributed by atoms with van der Waals surface area (Å²) in [6.07, 6.45) is 1.73. The summed E-state index contributed by atoms with van der Waals surface area (Å²) in [4.78, 5) is 29.7. The number of carbonyl (C=O) groups is 1. The molecule has 0 saturated carbocycles. The lowest BCUT2D eigenvalue weighted by molar-refractivity contribution is 0.0994. The number of hydrogen-bond donors (Lipinski definition) is 2. The van der Waals surface area contributed by atoms with E-state index in [0.717, 1.165) is 17.0 Å². The van der Waals surface area contributed by atoms with Gasteiger partial charge in [0.25, 0.3) is 5.91 Å². The van der Waals surface area contributed by atoms with Crippen molar-refractivity contribution in [2.75, 3.05) is 5.73 Å². The number of anilines is 1. The molecule has 0 aliphatic rings. The Hall–Kier alpha value is -4.20. The Balaban J connectivity index is 1.91. The van der Waals surface area contributed by atoms with Crippen LogP contribution in [0.3, 0.4) is 0 Å². The molecule has 0 fully saturated rings. The number of aryl methyl sites for hydroxylation is 2. The molecule has 4 N–H and O–H groups in total. The zero-order valence-corrected chi connectivity index (χ0v) is 17.6. The molecule has 0 spiro atoms. The molecule has 0 atom stereocenters. The zero-order valence-electron chi connectivity index (χ0n) is 17.6. The number of amides is 1. The molecule has 0 saturated heterocycles. The Labute approximate surface area is 184 Å². The highest BCUT2D eigenvalue weighted by Crippen LogP contribution is 2.32. The van der Waals surface area contributed by atoms with Crippen molar-refractivity contribution in [2.24, 2.45) is 5.73 Å². The molecule has 0 bridgehead atoms. The van der Waals surface area contributed by atoms with Gasteiger partial charge in [-0.05, 0) is 61.9 Å². The number of nitrogens with two attached hydrogens (primary N) is 2. The van der Waals surface area contributed by atoms with Gasteiger partial charge in [0.2, 0.25) is 0 Å². The lowest BCUT2D eigenvalue weighted by Crippen LogP contribution is -2.16. The number of nitrogen functional groups attached to an aromatic ring is 1. The van der Waals surface area contributed by atoms with Crippen LogP contribution in [0.2, 0.25) is 0 Å². The molecule has 7 nitrogen and oxygen atoms in total. The summed E-state index contributed by atoms with van der Waals surface area (Å²) in [6, 6.07) is 13.3. The van der Waals surface area contributed by atoms with E-state index in [2.05, 4.69) is 15.0 Å². The number of aromatic nitrogens is 4. The van der Waals surface area contributed by atoms with Crippen molar-refractivity contribution in [3.05, 3.63) is 88.9 Å². The van der Waals surface area contributed by atoms with Crippen LogP contribution in [0.1, 0.15) is 33.1 Å². The highest BCUT2D eigenvalue weighted by Gasteiger charge is 2.19. The van der Waals surface area contributed by atoms with E-state index in [4.69, 9.17) is 16.5 Å². The molecular weight excluding hydrogens is 407 g/mol. The summed E-state index contributed by atoms with van der Waals surface area (Å²) in [5.41, 5.74) is 17.2. The highest BCUT2D eigenvalue weighted by molar-refractivity contribution is 5.92. The van der Waals surface area contributed by atoms with Crippen molar-refractivity contribution in [3.63, 3.8) is 0 Å². The van der Waals surface area contributed by atoms with Crippen LogP contribution >= 0.6 is 0 Å². The molecule has 1 aromatic carbocycles. The van der Waals surface area contributed by atoms with Crippen molar-refractivity contribution in [2.45, 2.75) is 20.3 Å². The summed E-state index contributed by atoms with van der Waals surface area (Å²) < 4.78 is 13.5. The number of rotatable bonds is 5. The third-order valence-corrected chi connectivity index (χ3v) is 4.95. The normalized spacial score (nSPS) is 10.8. The minimum absolute atomic E-state index is 0.161. The second kappa shape index (κ2) is 8.50. The number of benzene rings is 1. The first kappa shape index (κ1) is 21.0. The zero-order chi connectivity index (χ0) is 22.8. The standard InChI is InChI=1S/C24H21FN6O/c1-13-10-17(11-14(2)29-13)21-20(15-5-7-18(25)8-6-15)31-23(26)19(30-21)12-16-4-3-9-28-22(16)24(27)32/h3-11H,12H2,1-2H3,(H2,26,31)(H2,27,32). The van der Waals surface area contributed by atoms with Crippen LogP contribution in [0.4, 0.5) is 10.2 Å². The number of nitrogens with zero attached hydrogens (tertiary/aromatic N) is 4. The van der Waals surface area contributed by atoms with Gasteiger partial charge in [-0.1, -0.05) is 6.07 Å². The molecule has 160 valence electrons. The van der Waals surface area contributed by atoms with Gasteiger partial charge in [-0.2, -0.15) is 0 Å². The Morgan fingerprint density at radius 1 is 0.938 bits per heavy atom. The largest absolute Gasteiger partial charge is 0.382 e. The second-order valence-electron chi connectivity index (χ2n) is 7.45. The number of pyridine rings is 2. The predicted octanol–water partition coefficient (Wildman–Crippen LogP) is 3.63. The first-order chi connectivity index (χ1) is 15.3. The molecular formula is C24H21FN6O. The van der Waals surface area contributed by atoms with Crippen molar-refractivity contribution in [1.82, 2.24) is 19.9 Å². The molecule has 0 aliphatic carbocycles. The number of carbonyl (C=O) groups excluding carboxylic acids is 1. The van der Waals surface area contributed by atoms with Crippen LogP contribution in [0.5, 0.6) is 0 Å². The smallest absolute Gasteiger partial charge is 0.267 e. The lowest BCUT2D eigenvalue weighted by atomic mass is 10.0. The van der Waals surface area contributed by atoms with Gasteiger partial charge in [-0.15, -0.1) is 0 Å². The third-order valence-electron chi connectivity index (χ3n) is 4.95. The van der Waals surface area contributed by atoms with Crippen LogP contribution in [0.15, 0.2) is 54.7 Å². The molecule has 32 heavy (non-hydrogen) atoms. The summed E-state index contributed by atoms with van der Waals surface area (Å²) >= 11 is 0. The second-order valence-corrected chi connectivity index (χ2v) is 7.45. The quantitative estimate of drug-likeness (QED) is 0.501. The summed E-state index contributed by atoms with van der Waals surface area (Å²) in [6.45, 7) is 3.79. The van der Waals surface area contributed by atoms with Gasteiger partial charge in [0, 0.05) is 35.1 Å². The minimum atomic E-state index is -0.629. The van der Waals surface area contributed by atoms with Crippen LogP contribution in [0, 0.1) is 19.7 Å². The molecule has 3 heterocycles. The van der Waals surface area contributed by atoms with Crippen LogP contribution in [-0.2, 0) is 6.42 Å².